The van der Waals surface area contributed by atoms with Gasteiger partial charge in [-0.15, -0.1) is 0 Å². The topological polar surface area (TPSA) is 92.5 Å². The zero-order valence-electron chi connectivity index (χ0n) is 14.0. The molecule has 122 valence electrons. The molecular formula is C15H29N3O3. The summed E-state index contributed by atoms with van der Waals surface area (Å²) in [6, 6.07) is -0.793. The van der Waals surface area contributed by atoms with Crippen molar-refractivity contribution in [2.45, 2.75) is 47.1 Å². The lowest BCUT2D eigenvalue weighted by atomic mass is 9.92. The van der Waals surface area contributed by atoms with Crippen molar-refractivity contribution in [3.05, 3.63) is 0 Å². The maximum atomic E-state index is 12.3. The molecule has 0 aromatic heterocycles. The maximum Gasteiger partial charge on any atom is 0.243 e. The molecule has 0 radical (unpaired) electrons. The van der Waals surface area contributed by atoms with Crippen molar-refractivity contribution < 1.29 is 14.4 Å². The number of nitrogens with one attached hydrogen (secondary N) is 1. The molecule has 21 heavy (non-hydrogen) atoms. The predicted molar refractivity (Wildman–Crippen MR) is 82.5 cm³/mol. The Morgan fingerprint density at radius 1 is 1.19 bits per heavy atom. The van der Waals surface area contributed by atoms with Crippen molar-refractivity contribution in [1.29, 1.82) is 0 Å². The van der Waals surface area contributed by atoms with Gasteiger partial charge >= 0.3 is 0 Å². The van der Waals surface area contributed by atoms with E-state index in [1.165, 1.54) is 4.90 Å². The number of carbonyl (C=O) groups is 3. The van der Waals surface area contributed by atoms with Crippen molar-refractivity contribution >= 4 is 17.6 Å². The van der Waals surface area contributed by atoms with E-state index in [0.717, 1.165) is 0 Å². The van der Waals surface area contributed by atoms with Crippen LogP contribution in [-0.2, 0) is 14.4 Å². The lowest BCUT2D eigenvalue weighted by molar-refractivity contribution is -0.146. The van der Waals surface area contributed by atoms with Gasteiger partial charge in [-0.3, -0.25) is 14.4 Å². The average Bonchev–Trinajstić information content (AvgIpc) is 2.38. The summed E-state index contributed by atoms with van der Waals surface area (Å²) >= 11 is 0. The summed E-state index contributed by atoms with van der Waals surface area (Å²) in [6.07, 6.45) is 0.0202. The van der Waals surface area contributed by atoms with Gasteiger partial charge in [0.2, 0.25) is 11.8 Å². The summed E-state index contributed by atoms with van der Waals surface area (Å²) in [4.78, 5) is 37.9. The number of hydrogen-bond acceptors (Lipinski definition) is 4. The number of nitrogens with zero attached hydrogens (tertiary/aromatic N) is 1. The van der Waals surface area contributed by atoms with Crippen LogP contribution < -0.4 is 11.1 Å². The van der Waals surface area contributed by atoms with Crippen LogP contribution in [0.2, 0.25) is 0 Å². The van der Waals surface area contributed by atoms with E-state index in [4.69, 9.17) is 5.73 Å². The number of hydrogen-bond donors (Lipinski definition) is 2. The number of Topliss-reactive ketones (excluding diaryl/α,β-unsaturated/α-hetero) is 1. The van der Waals surface area contributed by atoms with Gasteiger partial charge in [-0.2, -0.15) is 0 Å². The van der Waals surface area contributed by atoms with Gasteiger partial charge in [0, 0.05) is 37.9 Å². The largest absolute Gasteiger partial charge is 0.353 e. The van der Waals surface area contributed by atoms with Crippen molar-refractivity contribution in [3.63, 3.8) is 0 Å². The summed E-state index contributed by atoms with van der Waals surface area (Å²) in [5.41, 5.74) is 4.76. The first kappa shape index (κ1) is 19.6. The second-order valence-corrected chi connectivity index (χ2v) is 6.59. The summed E-state index contributed by atoms with van der Waals surface area (Å²) in [5.74, 6) is -0.731. The monoisotopic (exact) mass is 299 g/mol. The van der Waals surface area contributed by atoms with Crippen LogP contribution in [0.3, 0.4) is 0 Å². The Bertz CT molecular complexity index is 386. The number of carbonyl (C=O) groups excluding carboxylic acids is 3. The van der Waals surface area contributed by atoms with Crippen molar-refractivity contribution in [1.82, 2.24) is 10.2 Å². The van der Waals surface area contributed by atoms with Crippen molar-refractivity contribution in [2.75, 3.05) is 20.1 Å². The molecule has 0 aliphatic rings. The van der Waals surface area contributed by atoms with Gasteiger partial charge in [-0.25, -0.2) is 0 Å². The van der Waals surface area contributed by atoms with Crippen molar-refractivity contribution in [3.8, 4) is 0 Å². The van der Waals surface area contributed by atoms with Gasteiger partial charge < -0.3 is 16.0 Å². The fraction of sp³-hybridized carbons (Fsp3) is 0.800. The molecule has 0 aromatic rings. The Balaban J connectivity index is 5.16. The summed E-state index contributed by atoms with van der Waals surface area (Å²) in [5, 5.41) is 2.65. The molecule has 0 saturated heterocycles. The summed E-state index contributed by atoms with van der Waals surface area (Å²) in [7, 11) is 1.56. The minimum absolute atomic E-state index is 0.0202. The van der Waals surface area contributed by atoms with E-state index in [1.54, 1.807) is 41.7 Å². The molecule has 0 saturated carbocycles. The van der Waals surface area contributed by atoms with Crippen LogP contribution in [0, 0.1) is 11.3 Å². The summed E-state index contributed by atoms with van der Waals surface area (Å²) in [6.45, 7) is 9.54. The molecule has 0 aliphatic heterocycles. The Hall–Kier alpha value is -1.43. The molecule has 1 atom stereocenters. The smallest absolute Gasteiger partial charge is 0.243 e. The number of ketones is 1. The van der Waals surface area contributed by atoms with E-state index in [1.807, 2.05) is 0 Å². The summed E-state index contributed by atoms with van der Waals surface area (Å²) < 4.78 is 0. The minimum atomic E-state index is -0.793. The van der Waals surface area contributed by atoms with Crippen LogP contribution in [0.25, 0.3) is 0 Å². The average molecular weight is 299 g/mol. The second-order valence-electron chi connectivity index (χ2n) is 6.59. The third-order valence-corrected chi connectivity index (χ3v) is 3.21. The maximum absolute atomic E-state index is 12.3. The van der Waals surface area contributed by atoms with Crippen LogP contribution in [0.5, 0.6) is 0 Å². The molecule has 0 unspecified atom stereocenters. The Morgan fingerprint density at radius 2 is 1.71 bits per heavy atom. The number of likely N-dealkylation sites (N-methyl/N-ethyl adjacent to an activating group) is 1. The zero-order valence-corrected chi connectivity index (χ0v) is 14.0. The molecule has 0 spiro atoms. The SMILES string of the molecule is CC(C)C(=O)C[C@@H](C(=O)NCCN)N(C)C(=O)C(C)(C)C. The normalized spacial score (nSPS) is 13.0. The van der Waals surface area contributed by atoms with E-state index in [9.17, 15) is 14.4 Å². The zero-order chi connectivity index (χ0) is 16.8. The van der Waals surface area contributed by atoms with E-state index in [-0.39, 0.29) is 29.9 Å². The fourth-order valence-corrected chi connectivity index (χ4v) is 1.82. The number of nitrogens with two attached hydrogens (primary N) is 1. The van der Waals surface area contributed by atoms with Gasteiger partial charge in [0.05, 0.1) is 0 Å². The molecule has 3 N–H and O–H groups in total. The Morgan fingerprint density at radius 3 is 2.10 bits per heavy atom. The molecule has 2 amide bonds. The highest BCUT2D eigenvalue weighted by Crippen LogP contribution is 2.20. The van der Waals surface area contributed by atoms with E-state index in [0.29, 0.717) is 13.1 Å². The first-order valence-corrected chi connectivity index (χ1v) is 7.30. The van der Waals surface area contributed by atoms with Crippen LogP contribution in [0.4, 0.5) is 0 Å². The fourth-order valence-electron chi connectivity index (χ4n) is 1.82. The van der Waals surface area contributed by atoms with Crippen LogP contribution in [0.15, 0.2) is 0 Å². The Labute approximate surface area is 127 Å². The molecule has 0 aliphatic carbocycles. The second kappa shape index (κ2) is 8.12. The standard InChI is InChI=1S/C15H29N3O3/c1-10(2)12(19)9-11(13(20)17-8-7-16)18(6)14(21)15(3,4)5/h10-11H,7-9,16H2,1-6H3,(H,17,20)/t11-/m0/s1. The number of amides is 2. The minimum Gasteiger partial charge on any atom is -0.353 e. The lowest BCUT2D eigenvalue weighted by Gasteiger charge is -2.32. The number of rotatable bonds is 7. The van der Waals surface area contributed by atoms with E-state index < -0.39 is 11.5 Å². The van der Waals surface area contributed by atoms with Gasteiger partial charge in [0.15, 0.2) is 0 Å². The molecular weight excluding hydrogens is 270 g/mol. The molecule has 0 rings (SSSR count). The molecule has 6 heteroatoms. The van der Waals surface area contributed by atoms with Gasteiger partial charge in [-0.1, -0.05) is 34.6 Å². The highest BCUT2D eigenvalue weighted by molar-refractivity contribution is 5.94. The molecule has 0 aromatic carbocycles. The van der Waals surface area contributed by atoms with E-state index in [2.05, 4.69) is 5.32 Å². The van der Waals surface area contributed by atoms with E-state index >= 15 is 0 Å². The quantitative estimate of drug-likeness (QED) is 0.718. The first-order chi connectivity index (χ1) is 9.52. The van der Waals surface area contributed by atoms with Crippen LogP contribution >= 0.6 is 0 Å². The van der Waals surface area contributed by atoms with Crippen molar-refractivity contribution in [2.24, 2.45) is 17.1 Å². The van der Waals surface area contributed by atoms with Crippen LogP contribution in [-0.4, -0.2) is 48.7 Å². The molecule has 0 heterocycles. The van der Waals surface area contributed by atoms with Gasteiger partial charge in [-0.05, 0) is 0 Å². The predicted octanol–water partition coefficient (Wildman–Crippen LogP) is 0.550. The highest BCUT2D eigenvalue weighted by Gasteiger charge is 2.34. The molecule has 0 fully saturated rings. The third kappa shape index (κ3) is 6.25. The third-order valence-electron chi connectivity index (χ3n) is 3.21. The lowest BCUT2D eigenvalue weighted by Crippen LogP contribution is -2.52. The Kier molecular flexibility index (Phi) is 7.57. The molecule has 6 nitrogen and oxygen atoms in total. The van der Waals surface area contributed by atoms with Crippen LogP contribution in [0.1, 0.15) is 41.0 Å². The highest BCUT2D eigenvalue weighted by atomic mass is 16.2. The molecule has 0 bridgehead atoms. The first-order valence-electron chi connectivity index (χ1n) is 7.30. The van der Waals surface area contributed by atoms with Gasteiger partial charge in [0.1, 0.15) is 11.8 Å². The van der Waals surface area contributed by atoms with Gasteiger partial charge in [0.25, 0.3) is 0 Å².